The van der Waals surface area contributed by atoms with Gasteiger partial charge >= 0.3 is 11.9 Å². The summed E-state index contributed by atoms with van der Waals surface area (Å²) in [5.41, 5.74) is 11.0. The molecular formula is C18H36N2O4. The smallest absolute Gasteiger partial charge is 0.322 e. The van der Waals surface area contributed by atoms with Gasteiger partial charge in [-0.2, -0.15) is 0 Å². The standard InChI is InChI=1S/C18H36N2O4/c1-2-3-4-5-6-7-8-9-10-11-14-24-18(23)16(20)13-12-15(19)17(21)22/h15-16H,2-14,19-20H2,1H3,(H,21,22)/t15-,16?/m0/s1. The molecule has 0 heterocycles. The molecule has 0 aromatic rings. The van der Waals surface area contributed by atoms with Crippen LogP contribution in [0.15, 0.2) is 0 Å². The Kier molecular flexibility index (Phi) is 14.7. The van der Waals surface area contributed by atoms with Gasteiger partial charge < -0.3 is 21.3 Å². The van der Waals surface area contributed by atoms with Gasteiger partial charge in [0, 0.05) is 0 Å². The third-order valence-electron chi connectivity index (χ3n) is 4.15. The first kappa shape index (κ1) is 22.9. The van der Waals surface area contributed by atoms with Crippen LogP contribution in [0.4, 0.5) is 0 Å². The van der Waals surface area contributed by atoms with Gasteiger partial charge in [-0.15, -0.1) is 0 Å². The Morgan fingerprint density at radius 2 is 1.29 bits per heavy atom. The van der Waals surface area contributed by atoms with Gasteiger partial charge in [0.05, 0.1) is 6.61 Å². The highest BCUT2D eigenvalue weighted by Gasteiger charge is 2.18. The van der Waals surface area contributed by atoms with E-state index in [0.29, 0.717) is 6.61 Å². The summed E-state index contributed by atoms with van der Waals surface area (Å²) in [6.45, 7) is 2.61. The highest BCUT2D eigenvalue weighted by atomic mass is 16.5. The molecule has 0 saturated carbocycles. The Hall–Kier alpha value is -1.14. The summed E-state index contributed by atoms with van der Waals surface area (Å²) >= 11 is 0. The first-order chi connectivity index (χ1) is 11.5. The summed E-state index contributed by atoms with van der Waals surface area (Å²) in [5, 5.41) is 8.67. The largest absolute Gasteiger partial charge is 0.480 e. The molecule has 0 aromatic heterocycles. The zero-order valence-electron chi connectivity index (χ0n) is 15.2. The van der Waals surface area contributed by atoms with Crippen LogP contribution in [0.3, 0.4) is 0 Å². The Balaban J connectivity index is 3.43. The molecule has 6 nitrogen and oxygen atoms in total. The van der Waals surface area contributed by atoms with Crippen molar-refractivity contribution < 1.29 is 19.4 Å². The second-order valence-corrected chi connectivity index (χ2v) is 6.48. The summed E-state index contributed by atoms with van der Waals surface area (Å²) in [7, 11) is 0. The molecule has 0 spiro atoms. The lowest BCUT2D eigenvalue weighted by Crippen LogP contribution is -2.37. The van der Waals surface area contributed by atoms with E-state index in [1.54, 1.807) is 0 Å². The maximum atomic E-state index is 11.7. The fraction of sp³-hybridized carbons (Fsp3) is 0.889. The minimum Gasteiger partial charge on any atom is -0.480 e. The van der Waals surface area contributed by atoms with Gasteiger partial charge in [0.1, 0.15) is 12.1 Å². The van der Waals surface area contributed by atoms with Gasteiger partial charge in [-0.05, 0) is 19.3 Å². The van der Waals surface area contributed by atoms with E-state index < -0.39 is 24.0 Å². The van der Waals surface area contributed by atoms with E-state index in [0.717, 1.165) is 12.8 Å². The van der Waals surface area contributed by atoms with Crippen molar-refractivity contribution in [1.29, 1.82) is 0 Å². The molecule has 0 saturated heterocycles. The first-order valence-electron chi connectivity index (χ1n) is 9.39. The number of carbonyl (C=O) groups excluding carboxylic acids is 1. The second kappa shape index (κ2) is 15.4. The van der Waals surface area contributed by atoms with E-state index in [-0.39, 0.29) is 12.8 Å². The summed E-state index contributed by atoms with van der Waals surface area (Å²) < 4.78 is 5.12. The monoisotopic (exact) mass is 344 g/mol. The fourth-order valence-corrected chi connectivity index (χ4v) is 2.47. The number of unbranched alkanes of at least 4 members (excludes halogenated alkanes) is 9. The molecule has 0 aromatic carbocycles. The van der Waals surface area contributed by atoms with Crippen LogP contribution in [0.2, 0.25) is 0 Å². The predicted molar refractivity (Wildman–Crippen MR) is 95.6 cm³/mol. The van der Waals surface area contributed by atoms with Crippen LogP contribution >= 0.6 is 0 Å². The lowest BCUT2D eigenvalue weighted by molar-refractivity contribution is -0.146. The van der Waals surface area contributed by atoms with E-state index in [1.165, 1.54) is 51.4 Å². The number of carboxylic acids is 1. The third-order valence-corrected chi connectivity index (χ3v) is 4.15. The molecule has 0 aliphatic rings. The van der Waals surface area contributed by atoms with Crippen molar-refractivity contribution in [3.63, 3.8) is 0 Å². The Morgan fingerprint density at radius 1 is 0.833 bits per heavy atom. The van der Waals surface area contributed by atoms with Crippen molar-refractivity contribution in [3.05, 3.63) is 0 Å². The molecule has 5 N–H and O–H groups in total. The lowest BCUT2D eigenvalue weighted by Gasteiger charge is -2.12. The molecule has 0 bridgehead atoms. The van der Waals surface area contributed by atoms with Crippen molar-refractivity contribution in [3.8, 4) is 0 Å². The maximum absolute atomic E-state index is 11.7. The van der Waals surface area contributed by atoms with Gasteiger partial charge in [0.15, 0.2) is 0 Å². The number of hydrogen-bond acceptors (Lipinski definition) is 5. The molecule has 0 rings (SSSR count). The summed E-state index contributed by atoms with van der Waals surface area (Å²) in [5.74, 6) is -1.55. The number of aliphatic carboxylic acids is 1. The van der Waals surface area contributed by atoms with Crippen molar-refractivity contribution in [2.75, 3.05) is 6.61 Å². The van der Waals surface area contributed by atoms with E-state index in [9.17, 15) is 9.59 Å². The molecule has 142 valence electrons. The fourth-order valence-electron chi connectivity index (χ4n) is 2.47. The van der Waals surface area contributed by atoms with E-state index in [1.807, 2.05) is 0 Å². The second-order valence-electron chi connectivity index (χ2n) is 6.48. The van der Waals surface area contributed by atoms with Gasteiger partial charge in [-0.25, -0.2) is 0 Å². The number of rotatable bonds is 16. The summed E-state index contributed by atoms with van der Waals surface area (Å²) in [6.07, 6.45) is 12.7. The predicted octanol–water partition coefficient (Wildman–Crippen LogP) is 2.97. The van der Waals surface area contributed by atoms with Crippen LogP contribution in [0, 0.1) is 0 Å². The first-order valence-corrected chi connectivity index (χ1v) is 9.39. The number of carbonyl (C=O) groups is 2. The molecule has 6 heteroatoms. The molecule has 0 aliphatic carbocycles. The van der Waals surface area contributed by atoms with E-state index in [2.05, 4.69) is 6.92 Å². The molecule has 2 atom stereocenters. The molecule has 0 aliphatic heterocycles. The zero-order valence-corrected chi connectivity index (χ0v) is 15.2. The van der Waals surface area contributed by atoms with Crippen molar-refractivity contribution in [1.82, 2.24) is 0 Å². The summed E-state index contributed by atoms with van der Waals surface area (Å²) in [6, 6.07) is -1.77. The van der Waals surface area contributed by atoms with Crippen LogP contribution in [0.1, 0.15) is 84.0 Å². The highest BCUT2D eigenvalue weighted by Crippen LogP contribution is 2.10. The Bertz CT molecular complexity index is 337. The average Bonchev–Trinajstić information content (AvgIpc) is 2.56. The zero-order chi connectivity index (χ0) is 18.2. The quantitative estimate of drug-likeness (QED) is 0.293. The molecule has 0 fully saturated rings. The topological polar surface area (TPSA) is 116 Å². The highest BCUT2D eigenvalue weighted by molar-refractivity contribution is 5.76. The minimum atomic E-state index is -1.08. The number of carboxylic acid groups (broad SMARTS) is 1. The SMILES string of the molecule is CCCCCCCCCCCCOC(=O)C(N)CC[C@H](N)C(=O)O. The maximum Gasteiger partial charge on any atom is 0.322 e. The van der Waals surface area contributed by atoms with Gasteiger partial charge in [-0.1, -0.05) is 64.7 Å². The van der Waals surface area contributed by atoms with Crippen molar-refractivity contribution in [2.45, 2.75) is 96.1 Å². The third kappa shape index (κ3) is 13.3. The van der Waals surface area contributed by atoms with Gasteiger partial charge in [-0.3, -0.25) is 9.59 Å². The summed E-state index contributed by atoms with van der Waals surface area (Å²) in [4.78, 5) is 22.2. The number of hydrogen-bond donors (Lipinski definition) is 3. The Labute approximate surface area is 146 Å². The molecule has 24 heavy (non-hydrogen) atoms. The molecule has 1 unspecified atom stereocenters. The number of ether oxygens (including phenoxy) is 1. The van der Waals surface area contributed by atoms with Gasteiger partial charge in [0.25, 0.3) is 0 Å². The van der Waals surface area contributed by atoms with Crippen LogP contribution in [0.5, 0.6) is 0 Å². The van der Waals surface area contributed by atoms with E-state index >= 15 is 0 Å². The minimum absolute atomic E-state index is 0.170. The van der Waals surface area contributed by atoms with Gasteiger partial charge in [0.2, 0.25) is 0 Å². The normalized spacial score (nSPS) is 13.5. The molecule has 0 radical (unpaired) electrons. The number of esters is 1. The molecular weight excluding hydrogens is 308 g/mol. The average molecular weight is 344 g/mol. The Morgan fingerprint density at radius 3 is 1.79 bits per heavy atom. The van der Waals surface area contributed by atoms with Crippen LogP contribution in [-0.4, -0.2) is 35.7 Å². The lowest BCUT2D eigenvalue weighted by atomic mass is 10.1. The van der Waals surface area contributed by atoms with Crippen LogP contribution < -0.4 is 11.5 Å². The van der Waals surface area contributed by atoms with E-state index in [4.69, 9.17) is 21.3 Å². The van der Waals surface area contributed by atoms with Crippen molar-refractivity contribution in [2.24, 2.45) is 11.5 Å². The number of nitrogens with two attached hydrogens (primary N) is 2. The molecule has 0 amide bonds. The van der Waals surface area contributed by atoms with Crippen LogP contribution in [-0.2, 0) is 14.3 Å². The van der Waals surface area contributed by atoms with Crippen molar-refractivity contribution >= 4 is 11.9 Å². The van der Waals surface area contributed by atoms with Crippen LogP contribution in [0.25, 0.3) is 0 Å².